The van der Waals surface area contributed by atoms with E-state index in [0.29, 0.717) is 0 Å². The van der Waals surface area contributed by atoms with Gasteiger partial charge in [0.15, 0.2) is 0 Å². The van der Waals surface area contributed by atoms with Crippen molar-refractivity contribution in [3.05, 3.63) is 35.9 Å². The van der Waals surface area contributed by atoms with E-state index in [1.54, 1.807) is 0 Å². The van der Waals surface area contributed by atoms with Gasteiger partial charge in [-0.05, 0) is 50.0 Å². The summed E-state index contributed by atoms with van der Waals surface area (Å²) in [6, 6.07) is 10.8. The van der Waals surface area contributed by atoms with Crippen LogP contribution >= 0.6 is 0 Å². The highest BCUT2D eigenvalue weighted by atomic mass is 16.5. The summed E-state index contributed by atoms with van der Waals surface area (Å²) in [6.07, 6.45) is 6.73. The van der Waals surface area contributed by atoms with Crippen LogP contribution in [-0.4, -0.2) is 18.8 Å². The quantitative estimate of drug-likeness (QED) is 0.620. The highest BCUT2D eigenvalue weighted by Crippen LogP contribution is 2.37. The number of ether oxygens (including phenoxy) is 1. The molecule has 3 N–H and O–H groups in total. The minimum atomic E-state index is -0.0873. The average molecular weight is 276 g/mol. The van der Waals surface area contributed by atoms with Crippen molar-refractivity contribution < 1.29 is 4.74 Å². The second-order valence-corrected chi connectivity index (χ2v) is 6.19. The fraction of sp³-hybridized carbons (Fsp3) is 0.647. The van der Waals surface area contributed by atoms with E-state index in [-0.39, 0.29) is 11.6 Å². The zero-order valence-electron chi connectivity index (χ0n) is 12.8. The van der Waals surface area contributed by atoms with Crippen molar-refractivity contribution in [2.75, 3.05) is 7.11 Å². The third-order valence-corrected chi connectivity index (χ3v) is 4.93. The largest absolute Gasteiger partial charge is 0.377 e. The third-order valence-electron chi connectivity index (χ3n) is 4.93. The molecule has 1 aliphatic carbocycles. The first-order chi connectivity index (χ1) is 9.70. The lowest BCUT2D eigenvalue weighted by Gasteiger charge is -2.44. The Labute approximate surface area is 122 Å². The highest BCUT2D eigenvalue weighted by molar-refractivity contribution is 5.15. The summed E-state index contributed by atoms with van der Waals surface area (Å²) < 4.78 is 5.93. The first-order valence-corrected chi connectivity index (χ1v) is 7.75. The number of methoxy groups -OCH3 is 1. The second-order valence-electron chi connectivity index (χ2n) is 6.19. The van der Waals surface area contributed by atoms with Gasteiger partial charge in [0.2, 0.25) is 0 Å². The van der Waals surface area contributed by atoms with Crippen LogP contribution in [0.4, 0.5) is 0 Å². The molecule has 1 aromatic rings. The molecule has 0 spiro atoms. The van der Waals surface area contributed by atoms with Crippen molar-refractivity contribution in [1.29, 1.82) is 0 Å². The van der Waals surface area contributed by atoms with E-state index in [1.807, 2.05) is 7.11 Å². The van der Waals surface area contributed by atoms with Crippen LogP contribution in [0.5, 0.6) is 0 Å². The Balaban J connectivity index is 1.98. The number of nitrogens with two attached hydrogens (primary N) is 1. The van der Waals surface area contributed by atoms with Gasteiger partial charge >= 0.3 is 0 Å². The molecule has 1 aromatic carbocycles. The van der Waals surface area contributed by atoms with Crippen LogP contribution in [0.2, 0.25) is 0 Å². The molecule has 1 aliphatic rings. The minimum absolute atomic E-state index is 0.0873. The van der Waals surface area contributed by atoms with E-state index in [1.165, 1.54) is 18.4 Å². The highest BCUT2D eigenvalue weighted by Gasteiger charge is 2.40. The van der Waals surface area contributed by atoms with Crippen LogP contribution in [0.25, 0.3) is 0 Å². The van der Waals surface area contributed by atoms with Crippen molar-refractivity contribution in [1.82, 2.24) is 5.43 Å². The molecule has 0 heterocycles. The molecule has 1 fully saturated rings. The van der Waals surface area contributed by atoms with Gasteiger partial charge in [-0.25, -0.2) is 0 Å². The van der Waals surface area contributed by atoms with Gasteiger partial charge in [-0.1, -0.05) is 37.3 Å². The smallest absolute Gasteiger partial charge is 0.0844 e. The second kappa shape index (κ2) is 7.21. The van der Waals surface area contributed by atoms with Gasteiger partial charge in [-0.3, -0.25) is 11.3 Å². The predicted molar refractivity (Wildman–Crippen MR) is 83.2 cm³/mol. The van der Waals surface area contributed by atoms with E-state index >= 15 is 0 Å². The molecular formula is C17H28N2O. The van der Waals surface area contributed by atoms with Crippen molar-refractivity contribution >= 4 is 0 Å². The van der Waals surface area contributed by atoms with Crippen LogP contribution in [-0.2, 0) is 11.2 Å². The van der Waals surface area contributed by atoms with Gasteiger partial charge in [0, 0.05) is 7.11 Å². The minimum Gasteiger partial charge on any atom is -0.377 e. The summed E-state index contributed by atoms with van der Waals surface area (Å²) in [5, 5.41) is 0. The lowest BCUT2D eigenvalue weighted by atomic mass is 9.74. The molecule has 0 amide bonds. The summed E-state index contributed by atoms with van der Waals surface area (Å²) in [7, 11) is 1.84. The van der Waals surface area contributed by atoms with Crippen molar-refractivity contribution in [2.24, 2.45) is 11.8 Å². The maximum atomic E-state index is 5.93. The van der Waals surface area contributed by atoms with Gasteiger partial charge in [-0.2, -0.15) is 0 Å². The molecule has 1 atom stereocenters. The topological polar surface area (TPSA) is 47.3 Å². The Morgan fingerprint density at radius 2 is 1.95 bits per heavy atom. The molecule has 1 saturated carbocycles. The molecular weight excluding hydrogens is 248 g/mol. The van der Waals surface area contributed by atoms with Crippen LogP contribution < -0.4 is 11.3 Å². The fourth-order valence-electron chi connectivity index (χ4n) is 3.40. The van der Waals surface area contributed by atoms with E-state index in [4.69, 9.17) is 10.6 Å². The molecule has 0 radical (unpaired) electrons. The number of benzene rings is 1. The first kappa shape index (κ1) is 15.5. The standard InChI is InChI=1S/C17H28N2O/c1-14-10-12-17(20-2,13-11-14)16(19-18)9-8-15-6-4-3-5-7-15/h3-7,14,16,19H,8-13,18H2,1-2H3. The molecule has 0 aliphatic heterocycles. The monoisotopic (exact) mass is 276 g/mol. The van der Waals surface area contributed by atoms with Crippen molar-refractivity contribution in [3.63, 3.8) is 0 Å². The van der Waals surface area contributed by atoms with Crippen molar-refractivity contribution in [2.45, 2.75) is 57.1 Å². The molecule has 2 rings (SSSR count). The summed E-state index contributed by atoms with van der Waals surface area (Å²) in [5.74, 6) is 6.64. The fourth-order valence-corrected chi connectivity index (χ4v) is 3.40. The normalized spacial score (nSPS) is 28.2. The lowest BCUT2D eigenvalue weighted by Crippen LogP contribution is -2.56. The van der Waals surface area contributed by atoms with Crippen LogP contribution in [0.15, 0.2) is 30.3 Å². The Kier molecular flexibility index (Phi) is 5.58. The van der Waals surface area contributed by atoms with Crippen LogP contribution in [0, 0.1) is 5.92 Å². The predicted octanol–water partition coefficient (Wildman–Crippen LogP) is 3.05. The van der Waals surface area contributed by atoms with E-state index in [0.717, 1.165) is 31.6 Å². The average Bonchev–Trinajstić information content (AvgIpc) is 2.51. The Morgan fingerprint density at radius 1 is 1.30 bits per heavy atom. The molecule has 1 unspecified atom stereocenters. The SMILES string of the molecule is COC1(C(CCc2ccccc2)NN)CCC(C)CC1. The van der Waals surface area contributed by atoms with Crippen molar-refractivity contribution in [3.8, 4) is 0 Å². The molecule has 0 saturated heterocycles. The summed E-state index contributed by atoms with van der Waals surface area (Å²) >= 11 is 0. The zero-order valence-corrected chi connectivity index (χ0v) is 12.8. The maximum absolute atomic E-state index is 5.93. The molecule has 20 heavy (non-hydrogen) atoms. The molecule has 0 bridgehead atoms. The van der Waals surface area contributed by atoms with Gasteiger partial charge in [0.05, 0.1) is 11.6 Å². The Bertz CT molecular complexity index is 385. The van der Waals surface area contributed by atoms with Crippen LogP contribution in [0.1, 0.15) is 44.6 Å². The zero-order chi connectivity index (χ0) is 14.4. The van der Waals surface area contributed by atoms with Crippen LogP contribution in [0.3, 0.4) is 0 Å². The van der Waals surface area contributed by atoms with E-state index in [9.17, 15) is 0 Å². The molecule has 3 nitrogen and oxygen atoms in total. The number of hydrazine groups is 1. The van der Waals surface area contributed by atoms with Gasteiger partial charge in [0.1, 0.15) is 0 Å². The summed E-state index contributed by atoms with van der Waals surface area (Å²) in [6.45, 7) is 2.33. The number of nitrogens with one attached hydrogen (secondary N) is 1. The number of hydrogen-bond donors (Lipinski definition) is 2. The third kappa shape index (κ3) is 3.60. The lowest BCUT2D eigenvalue weighted by molar-refractivity contribution is -0.0764. The maximum Gasteiger partial charge on any atom is 0.0844 e. The Morgan fingerprint density at radius 3 is 2.50 bits per heavy atom. The first-order valence-electron chi connectivity index (χ1n) is 7.75. The molecule has 112 valence electrons. The summed E-state index contributed by atoms with van der Waals surface area (Å²) in [5.41, 5.74) is 4.30. The number of aryl methyl sites for hydroxylation is 1. The number of rotatable bonds is 6. The Hall–Kier alpha value is -0.900. The summed E-state index contributed by atoms with van der Waals surface area (Å²) in [4.78, 5) is 0. The van der Waals surface area contributed by atoms with Gasteiger partial charge in [0.25, 0.3) is 0 Å². The van der Waals surface area contributed by atoms with Gasteiger partial charge in [-0.15, -0.1) is 0 Å². The number of hydrogen-bond acceptors (Lipinski definition) is 3. The van der Waals surface area contributed by atoms with Gasteiger partial charge < -0.3 is 4.74 Å². The van der Waals surface area contributed by atoms with E-state index in [2.05, 4.69) is 42.7 Å². The molecule has 3 heteroatoms. The van der Waals surface area contributed by atoms with E-state index < -0.39 is 0 Å². The molecule has 0 aromatic heterocycles.